The molecule has 1 aromatic heterocycles. The number of benzene rings is 2. The van der Waals surface area contributed by atoms with Gasteiger partial charge in [-0.05, 0) is 29.8 Å². The van der Waals surface area contributed by atoms with Crippen molar-refractivity contribution in [3.05, 3.63) is 70.9 Å². The number of quaternary nitrogens is 1. The molecule has 5 nitrogen and oxygen atoms in total. The van der Waals surface area contributed by atoms with Crippen LogP contribution in [-0.4, -0.2) is 38.8 Å². The van der Waals surface area contributed by atoms with Crippen molar-refractivity contribution in [1.29, 1.82) is 0 Å². The Balaban J connectivity index is 1.54. The van der Waals surface area contributed by atoms with Gasteiger partial charge in [0.15, 0.2) is 5.76 Å². The summed E-state index contributed by atoms with van der Waals surface area (Å²) >= 11 is 6.03. The largest absolute Gasteiger partial charge is 0.451 e. The van der Waals surface area contributed by atoms with Crippen LogP contribution < -0.4 is 10.2 Å². The smallest absolute Gasteiger partial charge is 0.287 e. The van der Waals surface area contributed by atoms with Crippen molar-refractivity contribution >= 4 is 28.5 Å². The number of halogens is 1. The molecule has 140 valence electrons. The molecule has 2 heterocycles. The molecular weight excluding hydrogens is 364 g/mol. The van der Waals surface area contributed by atoms with Gasteiger partial charge in [-0.25, -0.2) is 0 Å². The van der Waals surface area contributed by atoms with Crippen LogP contribution in [-0.2, 0) is 4.74 Å². The van der Waals surface area contributed by atoms with Crippen molar-refractivity contribution in [3.8, 4) is 0 Å². The zero-order chi connectivity index (χ0) is 18.6. The summed E-state index contributed by atoms with van der Waals surface area (Å²) in [5.74, 6) is 0.0778. The molecule has 0 aliphatic carbocycles. The summed E-state index contributed by atoms with van der Waals surface area (Å²) in [6.45, 7) is 4.22. The number of morpholine rings is 1. The van der Waals surface area contributed by atoms with Gasteiger partial charge in [-0.15, -0.1) is 0 Å². The summed E-state index contributed by atoms with van der Waals surface area (Å²) < 4.78 is 11.2. The van der Waals surface area contributed by atoms with E-state index in [1.165, 1.54) is 4.90 Å². The number of carbonyl (C=O) groups excluding carboxylic acids is 1. The summed E-state index contributed by atoms with van der Waals surface area (Å²) in [6, 6.07) is 17.0. The molecule has 0 spiro atoms. The maximum Gasteiger partial charge on any atom is 0.287 e. The molecule has 2 aromatic carbocycles. The van der Waals surface area contributed by atoms with Crippen molar-refractivity contribution in [2.75, 3.05) is 32.8 Å². The maximum atomic E-state index is 12.9. The fourth-order valence-electron chi connectivity index (χ4n) is 3.45. The fraction of sp³-hybridized carbons (Fsp3) is 0.286. The number of amides is 1. The molecule has 0 radical (unpaired) electrons. The average Bonchev–Trinajstić information content (AvgIpc) is 3.12. The summed E-state index contributed by atoms with van der Waals surface area (Å²) in [5.41, 5.74) is 1.74. The number of hydrogen-bond donors (Lipinski definition) is 2. The maximum absolute atomic E-state index is 12.9. The predicted molar refractivity (Wildman–Crippen MR) is 104 cm³/mol. The molecule has 4 rings (SSSR count). The molecular formula is C21H22ClN2O3+. The van der Waals surface area contributed by atoms with Gasteiger partial charge in [0.2, 0.25) is 0 Å². The van der Waals surface area contributed by atoms with Crippen LogP contribution >= 0.6 is 11.6 Å². The van der Waals surface area contributed by atoms with Crippen LogP contribution in [0.15, 0.2) is 59.0 Å². The van der Waals surface area contributed by atoms with E-state index in [-0.39, 0.29) is 11.9 Å². The lowest BCUT2D eigenvalue weighted by molar-refractivity contribution is -0.909. The van der Waals surface area contributed by atoms with E-state index < -0.39 is 0 Å². The van der Waals surface area contributed by atoms with Gasteiger partial charge >= 0.3 is 0 Å². The lowest BCUT2D eigenvalue weighted by Crippen LogP contribution is -3.14. The third-order valence-electron chi connectivity index (χ3n) is 4.90. The molecule has 0 saturated carbocycles. The first-order valence-electron chi connectivity index (χ1n) is 9.15. The van der Waals surface area contributed by atoms with E-state index in [2.05, 4.69) is 5.32 Å². The summed E-state index contributed by atoms with van der Waals surface area (Å²) in [5, 5.41) is 4.59. The van der Waals surface area contributed by atoms with Gasteiger partial charge in [-0.2, -0.15) is 0 Å². The average molecular weight is 386 g/mol. The van der Waals surface area contributed by atoms with Crippen molar-refractivity contribution < 1.29 is 18.8 Å². The van der Waals surface area contributed by atoms with Crippen LogP contribution in [0.25, 0.3) is 11.0 Å². The Kier molecular flexibility index (Phi) is 5.43. The number of furan rings is 1. The van der Waals surface area contributed by atoms with Gasteiger partial charge in [-0.1, -0.05) is 41.9 Å². The van der Waals surface area contributed by atoms with Crippen molar-refractivity contribution in [2.45, 2.75) is 6.04 Å². The SMILES string of the molecule is O=C(N[C@@H](C[NH+]1CCOCC1)c1ccccc1)c1cc2cc(Cl)ccc2o1. The van der Waals surface area contributed by atoms with E-state index in [4.69, 9.17) is 20.8 Å². The Bertz CT molecular complexity index is 920. The second kappa shape index (κ2) is 8.13. The molecule has 1 aliphatic heterocycles. The molecule has 3 aromatic rings. The van der Waals surface area contributed by atoms with Crippen LogP contribution in [0.4, 0.5) is 0 Å². The first kappa shape index (κ1) is 18.0. The third kappa shape index (κ3) is 4.33. The molecule has 1 saturated heterocycles. The Hall–Kier alpha value is -2.34. The first-order chi connectivity index (χ1) is 13.2. The highest BCUT2D eigenvalue weighted by Crippen LogP contribution is 2.23. The highest BCUT2D eigenvalue weighted by Gasteiger charge is 2.24. The van der Waals surface area contributed by atoms with Gasteiger partial charge in [0.05, 0.1) is 13.2 Å². The normalized spacial score (nSPS) is 16.3. The van der Waals surface area contributed by atoms with Crippen molar-refractivity contribution in [3.63, 3.8) is 0 Å². The van der Waals surface area contributed by atoms with Gasteiger partial charge in [0.1, 0.15) is 31.3 Å². The van der Waals surface area contributed by atoms with Crippen LogP contribution in [0, 0.1) is 0 Å². The fourth-order valence-corrected chi connectivity index (χ4v) is 3.63. The third-order valence-corrected chi connectivity index (χ3v) is 5.14. The standard InChI is InChI=1S/C21H21ClN2O3/c22-17-6-7-19-16(12-17)13-20(27-19)21(25)23-18(15-4-2-1-3-5-15)14-24-8-10-26-11-9-24/h1-7,12-13,18H,8-11,14H2,(H,23,25)/p+1/t18-/m0/s1. The van der Waals surface area contributed by atoms with Crippen LogP contribution in [0.3, 0.4) is 0 Å². The van der Waals surface area contributed by atoms with Gasteiger partial charge in [0.25, 0.3) is 5.91 Å². The van der Waals surface area contributed by atoms with E-state index in [0.717, 1.165) is 43.8 Å². The highest BCUT2D eigenvalue weighted by atomic mass is 35.5. The molecule has 1 amide bonds. The summed E-state index contributed by atoms with van der Waals surface area (Å²) in [6.07, 6.45) is 0. The molecule has 0 unspecified atom stereocenters. The Morgan fingerprint density at radius 3 is 2.67 bits per heavy atom. The molecule has 6 heteroatoms. The second-order valence-electron chi connectivity index (χ2n) is 6.80. The zero-order valence-corrected chi connectivity index (χ0v) is 15.7. The molecule has 27 heavy (non-hydrogen) atoms. The number of rotatable bonds is 5. The van der Waals surface area contributed by atoms with E-state index in [9.17, 15) is 4.79 Å². The minimum atomic E-state index is -0.219. The van der Waals surface area contributed by atoms with Crippen LogP contribution in [0.5, 0.6) is 0 Å². The highest BCUT2D eigenvalue weighted by molar-refractivity contribution is 6.31. The van der Waals surface area contributed by atoms with Crippen molar-refractivity contribution in [2.24, 2.45) is 0 Å². The van der Waals surface area contributed by atoms with Gasteiger partial charge in [-0.3, -0.25) is 4.79 Å². The van der Waals surface area contributed by atoms with Gasteiger partial charge < -0.3 is 19.4 Å². The number of fused-ring (bicyclic) bond motifs is 1. The number of ether oxygens (including phenoxy) is 1. The molecule has 2 N–H and O–H groups in total. The summed E-state index contributed by atoms with van der Waals surface area (Å²) in [7, 11) is 0. The second-order valence-corrected chi connectivity index (χ2v) is 7.23. The van der Waals surface area contributed by atoms with Crippen LogP contribution in [0.2, 0.25) is 5.02 Å². The first-order valence-corrected chi connectivity index (χ1v) is 9.53. The Labute approximate surface area is 162 Å². The Morgan fingerprint density at radius 1 is 1.11 bits per heavy atom. The lowest BCUT2D eigenvalue weighted by atomic mass is 10.1. The van der Waals surface area contributed by atoms with E-state index in [0.29, 0.717) is 16.4 Å². The Morgan fingerprint density at radius 2 is 1.89 bits per heavy atom. The minimum absolute atomic E-state index is 0.0939. The van der Waals surface area contributed by atoms with E-state index in [1.54, 1.807) is 24.3 Å². The monoisotopic (exact) mass is 385 g/mol. The minimum Gasteiger partial charge on any atom is -0.451 e. The lowest BCUT2D eigenvalue weighted by Gasteiger charge is -2.28. The van der Waals surface area contributed by atoms with Gasteiger partial charge in [0, 0.05) is 10.4 Å². The summed E-state index contributed by atoms with van der Waals surface area (Å²) in [4.78, 5) is 14.3. The van der Waals surface area contributed by atoms with E-state index in [1.807, 2.05) is 30.3 Å². The van der Waals surface area contributed by atoms with Crippen molar-refractivity contribution in [1.82, 2.24) is 5.32 Å². The van der Waals surface area contributed by atoms with Crippen LogP contribution in [0.1, 0.15) is 22.2 Å². The molecule has 1 atom stereocenters. The number of nitrogens with one attached hydrogen (secondary N) is 2. The molecule has 1 aliphatic rings. The number of hydrogen-bond acceptors (Lipinski definition) is 3. The molecule has 0 bridgehead atoms. The topological polar surface area (TPSA) is 55.9 Å². The zero-order valence-electron chi connectivity index (χ0n) is 14.9. The molecule has 1 fully saturated rings. The number of carbonyl (C=O) groups is 1. The van der Waals surface area contributed by atoms with E-state index >= 15 is 0 Å². The quantitative estimate of drug-likeness (QED) is 0.709. The predicted octanol–water partition coefficient (Wildman–Crippen LogP) is 2.47.